The molecule has 0 bridgehead atoms. The van der Waals surface area contributed by atoms with Crippen LogP contribution in [0.3, 0.4) is 0 Å². The third-order valence-corrected chi connectivity index (χ3v) is 3.89. The van der Waals surface area contributed by atoms with Crippen LogP contribution < -0.4 is 5.73 Å². The number of hydrogen-bond acceptors (Lipinski definition) is 6. The van der Waals surface area contributed by atoms with E-state index in [2.05, 4.69) is 15.1 Å². The van der Waals surface area contributed by atoms with E-state index >= 15 is 0 Å². The summed E-state index contributed by atoms with van der Waals surface area (Å²) in [6.45, 7) is 2.67. The van der Waals surface area contributed by atoms with Gasteiger partial charge in [0.15, 0.2) is 5.76 Å². The van der Waals surface area contributed by atoms with E-state index in [-0.39, 0.29) is 12.1 Å². The van der Waals surface area contributed by atoms with Gasteiger partial charge in [-0.25, -0.2) is 9.97 Å². The van der Waals surface area contributed by atoms with Gasteiger partial charge in [-0.2, -0.15) is 0 Å². The van der Waals surface area contributed by atoms with Crippen molar-refractivity contribution in [3.8, 4) is 11.3 Å². The first-order valence-electron chi connectivity index (χ1n) is 7.33. The van der Waals surface area contributed by atoms with Crippen LogP contribution in [0.4, 0.5) is 5.95 Å². The van der Waals surface area contributed by atoms with E-state index in [9.17, 15) is 0 Å². The maximum atomic E-state index is 5.75. The molecule has 1 aliphatic heterocycles. The molecule has 3 aromatic rings. The van der Waals surface area contributed by atoms with E-state index in [1.807, 2.05) is 31.2 Å². The first kappa shape index (κ1) is 13.2. The molecular weight excluding hydrogens is 280 g/mol. The Labute approximate surface area is 127 Å². The largest absolute Gasteiger partial charge is 0.370 e. The minimum Gasteiger partial charge on any atom is -0.370 e. The van der Waals surface area contributed by atoms with Crippen molar-refractivity contribution in [3.05, 3.63) is 35.7 Å². The molecule has 0 radical (unpaired) electrons. The van der Waals surface area contributed by atoms with Gasteiger partial charge in [0.2, 0.25) is 5.95 Å². The molecule has 2 aromatic heterocycles. The van der Waals surface area contributed by atoms with Crippen molar-refractivity contribution < 1.29 is 9.26 Å². The SMILES string of the molecule is Cc1cc(-c2ccc3noc(C4CCCO4)c3c2)nc(N)n1. The van der Waals surface area contributed by atoms with Gasteiger partial charge >= 0.3 is 0 Å². The minimum atomic E-state index is -0.00236. The zero-order valence-electron chi connectivity index (χ0n) is 12.2. The van der Waals surface area contributed by atoms with Crippen LogP contribution in [0.25, 0.3) is 22.2 Å². The van der Waals surface area contributed by atoms with Gasteiger partial charge < -0.3 is 15.0 Å². The Hall–Kier alpha value is -2.47. The predicted octanol–water partition coefficient (Wildman–Crippen LogP) is 3.03. The number of nitrogens with two attached hydrogens (primary N) is 1. The lowest BCUT2D eigenvalue weighted by atomic mass is 10.0. The summed E-state index contributed by atoms with van der Waals surface area (Å²) in [7, 11) is 0. The summed E-state index contributed by atoms with van der Waals surface area (Å²) in [5.41, 5.74) is 9.18. The van der Waals surface area contributed by atoms with Crippen LogP contribution in [-0.4, -0.2) is 21.7 Å². The second-order valence-corrected chi connectivity index (χ2v) is 5.53. The molecule has 3 heterocycles. The zero-order valence-corrected chi connectivity index (χ0v) is 12.2. The number of anilines is 1. The lowest BCUT2D eigenvalue weighted by Gasteiger charge is -2.06. The van der Waals surface area contributed by atoms with Gasteiger partial charge in [0.1, 0.15) is 11.6 Å². The Kier molecular flexibility index (Phi) is 3.04. The molecule has 1 aliphatic rings. The van der Waals surface area contributed by atoms with Gasteiger partial charge in [0.05, 0.1) is 5.69 Å². The second kappa shape index (κ2) is 5.06. The molecule has 0 amide bonds. The van der Waals surface area contributed by atoms with Crippen LogP contribution >= 0.6 is 0 Å². The zero-order chi connectivity index (χ0) is 15.1. The summed E-state index contributed by atoms with van der Waals surface area (Å²) in [4.78, 5) is 8.42. The molecule has 2 N–H and O–H groups in total. The summed E-state index contributed by atoms with van der Waals surface area (Å²) < 4.78 is 11.2. The quantitative estimate of drug-likeness (QED) is 0.782. The Morgan fingerprint density at radius 3 is 2.91 bits per heavy atom. The first-order valence-corrected chi connectivity index (χ1v) is 7.33. The normalized spacial score (nSPS) is 18.1. The number of fused-ring (bicyclic) bond motifs is 1. The first-order chi connectivity index (χ1) is 10.7. The number of hydrogen-bond donors (Lipinski definition) is 1. The minimum absolute atomic E-state index is 0.00236. The molecule has 0 spiro atoms. The van der Waals surface area contributed by atoms with Crippen LogP contribution in [0.5, 0.6) is 0 Å². The smallest absolute Gasteiger partial charge is 0.220 e. The Morgan fingerprint density at radius 2 is 2.14 bits per heavy atom. The molecule has 0 aliphatic carbocycles. The third-order valence-electron chi connectivity index (χ3n) is 3.89. The molecule has 6 heteroatoms. The van der Waals surface area contributed by atoms with Crippen LogP contribution in [0.2, 0.25) is 0 Å². The monoisotopic (exact) mass is 296 g/mol. The predicted molar refractivity (Wildman–Crippen MR) is 82.1 cm³/mol. The standard InChI is InChI=1S/C16H16N4O2/c1-9-7-13(19-16(17)18-9)10-4-5-12-11(8-10)15(22-20-12)14-3-2-6-21-14/h4-5,7-8,14H,2-3,6H2,1H3,(H2,17,18,19). The van der Waals surface area contributed by atoms with Gasteiger partial charge in [0, 0.05) is 23.3 Å². The van der Waals surface area contributed by atoms with Crippen molar-refractivity contribution in [2.45, 2.75) is 25.9 Å². The number of aryl methyl sites for hydroxylation is 1. The number of aromatic nitrogens is 3. The van der Waals surface area contributed by atoms with Gasteiger partial charge in [-0.3, -0.25) is 0 Å². The highest BCUT2D eigenvalue weighted by atomic mass is 16.5. The molecule has 0 saturated carbocycles. The molecule has 1 fully saturated rings. The molecule has 1 saturated heterocycles. The summed E-state index contributed by atoms with van der Waals surface area (Å²) >= 11 is 0. The molecule has 22 heavy (non-hydrogen) atoms. The lowest BCUT2D eigenvalue weighted by Crippen LogP contribution is -1.98. The Bertz CT molecular complexity index is 817. The Balaban J connectivity index is 1.83. The van der Waals surface area contributed by atoms with Crippen molar-refractivity contribution >= 4 is 16.9 Å². The second-order valence-electron chi connectivity index (χ2n) is 5.53. The van der Waals surface area contributed by atoms with Crippen molar-refractivity contribution in [3.63, 3.8) is 0 Å². The molecule has 1 atom stereocenters. The average Bonchev–Trinajstić information content (AvgIpc) is 3.14. The Morgan fingerprint density at radius 1 is 1.23 bits per heavy atom. The van der Waals surface area contributed by atoms with Crippen molar-refractivity contribution in [2.24, 2.45) is 0 Å². The maximum Gasteiger partial charge on any atom is 0.220 e. The van der Waals surface area contributed by atoms with Gasteiger partial charge in [0.25, 0.3) is 0 Å². The molecule has 1 unspecified atom stereocenters. The van der Waals surface area contributed by atoms with Crippen molar-refractivity contribution in [1.82, 2.24) is 15.1 Å². The highest BCUT2D eigenvalue weighted by Crippen LogP contribution is 2.35. The van der Waals surface area contributed by atoms with Gasteiger partial charge in [-0.1, -0.05) is 11.2 Å². The fraction of sp³-hybridized carbons (Fsp3) is 0.312. The highest BCUT2D eigenvalue weighted by molar-refractivity contribution is 5.85. The van der Waals surface area contributed by atoms with E-state index in [0.717, 1.165) is 53.1 Å². The lowest BCUT2D eigenvalue weighted by molar-refractivity contribution is 0.0893. The topological polar surface area (TPSA) is 87.1 Å². The number of ether oxygens (including phenoxy) is 1. The molecule has 6 nitrogen and oxygen atoms in total. The number of nitrogens with zero attached hydrogens (tertiary/aromatic N) is 3. The molecule has 1 aromatic carbocycles. The molecule has 4 rings (SSSR count). The number of rotatable bonds is 2. The maximum absolute atomic E-state index is 5.75. The summed E-state index contributed by atoms with van der Waals surface area (Å²) in [5, 5.41) is 5.09. The van der Waals surface area contributed by atoms with E-state index in [1.165, 1.54) is 0 Å². The fourth-order valence-corrected chi connectivity index (χ4v) is 2.88. The average molecular weight is 296 g/mol. The molecule has 112 valence electrons. The van der Waals surface area contributed by atoms with E-state index < -0.39 is 0 Å². The van der Waals surface area contributed by atoms with Crippen molar-refractivity contribution in [1.29, 1.82) is 0 Å². The summed E-state index contributed by atoms with van der Waals surface area (Å²) in [6, 6.07) is 7.84. The van der Waals surface area contributed by atoms with Crippen LogP contribution in [0, 0.1) is 6.92 Å². The van der Waals surface area contributed by atoms with Gasteiger partial charge in [-0.15, -0.1) is 0 Å². The van der Waals surface area contributed by atoms with E-state index in [1.54, 1.807) is 0 Å². The van der Waals surface area contributed by atoms with Crippen LogP contribution in [0.1, 0.15) is 30.4 Å². The van der Waals surface area contributed by atoms with Crippen LogP contribution in [0.15, 0.2) is 28.8 Å². The fourth-order valence-electron chi connectivity index (χ4n) is 2.88. The van der Waals surface area contributed by atoms with E-state index in [4.69, 9.17) is 15.0 Å². The van der Waals surface area contributed by atoms with Crippen molar-refractivity contribution in [2.75, 3.05) is 12.3 Å². The van der Waals surface area contributed by atoms with Crippen LogP contribution in [-0.2, 0) is 4.74 Å². The number of nitrogen functional groups attached to an aromatic ring is 1. The van der Waals surface area contributed by atoms with E-state index in [0.29, 0.717) is 0 Å². The summed E-state index contributed by atoms with van der Waals surface area (Å²) in [6.07, 6.45) is 2.01. The van der Waals surface area contributed by atoms with Gasteiger partial charge in [-0.05, 0) is 38.0 Å². The number of benzene rings is 1. The highest BCUT2D eigenvalue weighted by Gasteiger charge is 2.24. The third kappa shape index (κ3) is 2.21. The molecular formula is C16H16N4O2. The summed E-state index contributed by atoms with van der Waals surface area (Å²) in [5.74, 6) is 1.08.